The first-order valence-corrected chi connectivity index (χ1v) is 11.3. The molecule has 0 fully saturated rings. The highest BCUT2D eigenvalue weighted by atomic mass is 35.5. The third-order valence-corrected chi connectivity index (χ3v) is 5.91. The zero-order valence-corrected chi connectivity index (χ0v) is 19.8. The van der Waals surface area contributed by atoms with Gasteiger partial charge in [0.1, 0.15) is 11.9 Å². The molecule has 8 heteroatoms. The first kappa shape index (κ1) is 23.3. The lowest BCUT2D eigenvalue weighted by Gasteiger charge is -2.20. The molecule has 1 atom stereocenters. The number of benzene rings is 2. The molecule has 0 bridgehead atoms. The van der Waals surface area contributed by atoms with E-state index in [1.165, 1.54) is 0 Å². The van der Waals surface area contributed by atoms with E-state index in [4.69, 9.17) is 11.6 Å². The predicted octanol–water partition coefficient (Wildman–Crippen LogP) is 3.94. The number of H-pyrrole nitrogens is 1. The van der Waals surface area contributed by atoms with Crippen LogP contribution in [0.2, 0.25) is 5.02 Å². The average molecular weight is 476 g/mol. The van der Waals surface area contributed by atoms with Crippen molar-refractivity contribution < 1.29 is 9.59 Å². The van der Waals surface area contributed by atoms with Crippen molar-refractivity contribution in [2.24, 2.45) is 0 Å². The van der Waals surface area contributed by atoms with Gasteiger partial charge in [0.2, 0.25) is 5.91 Å². The van der Waals surface area contributed by atoms with E-state index in [0.29, 0.717) is 17.0 Å². The van der Waals surface area contributed by atoms with Crippen molar-refractivity contribution in [3.63, 3.8) is 0 Å². The minimum Gasteiger partial charge on any atom is -0.362 e. The van der Waals surface area contributed by atoms with E-state index in [2.05, 4.69) is 20.6 Å². The number of pyridine rings is 1. The lowest BCUT2D eigenvalue weighted by Crippen LogP contribution is -2.48. The number of amides is 2. The van der Waals surface area contributed by atoms with Crippen LogP contribution in [0, 0.1) is 0 Å². The second kappa shape index (κ2) is 10.4. The van der Waals surface area contributed by atoms with Gasteiger partial charge in [-0.2, -0.15) is 0 Å². The third kappa shape index (κ3) is 5.21. The van der Waals surface area contributed by atoms with Crippen LogP contribution in [0.4, 0.5) is 5.82 Å². The molecular weight excluding hydrogens is 450 g/mol. The summed E-state index contributed by atoms with van der Waals surface area (Å²) < 4.78 is 0. The maximum atomic E-state index is 13.3. The fraction of sp³-hybridized carbons (Fsp3) is 0.192. The Hall–Kier alpha value is -3.84. The number of nitrogens with zero attached hydrogens (tertiary/aromatic N) is 2. The molecule has 0 spiro atoms. The summed E-state index contributed by atoms with van der Waals surface area (Å²) in [6, 6.07) is 17.6. The highest BCUT2D eigenvalue weighted by Gasteiger charge is 2.24. The van der Waals surface area contributed by atoms with Gasteiger partial charge in [0.25, 0.3) is 5.91 Å². The summed E-state index contributed by atoms with van der Waals surface area (Å²) in [4.78, 5) is 35.8. The van der Waals surface area contributed by atoms with Gasteiger partial charge < -0.3 is 20.5 Å². The van der Waals surface area contributed by atoms with Gasteiger partial charge >= 0.3 is 0 Å². The predicted molar refractivity (Wildman–Crippen MR) is 135 cm³/mol. The zero-order chi connectivity index (χ0) is 24.1. The molecule has 2 aromatic heterocycles. The molecule has 0 radical (unpaired) electrons. The minimum absolute atomic E-state index is 0.284. The minimum atomic E-state index is -0.803. The number of halogens is 1. The lowest BCUT2D eigenvalue weighted by molar-refractivity contribution is -0.123. The number of rotatable bonds is 8. The number of para-hydroxylation sites is 1. The van der Waals surface area contributed by atoms with Gasteiger partial charge in [-0.1, -0.05) is 48.0 Å². The molecule has 0 aliphatic carbocycles. The molecule has 1 unspecified atom stereocenters. The summed E-state index contributed by atoms with van der Waals surface area (Å²) in [5.41, 5.74) is 3.11. The van der Waals surface area contributed by atoms with Gasteiger partial charge in [-0.05, 0) is 29.8 Å². The summed E-state index contributed by atoms with van der Waals surface area (Å²) in [6.45, 7) is 0.284. The fourth-order valence-electron chi connectivity index (χ4n) is 3.89. The number of carbonyl (C=O) groups is 2. The van der Waals surface area contributed by atoms with Crippen molar-refractivity contribution >= 4 is 40.1 Å². The standard InChI is InChI=1S/C26H26ClN5O2/c1-32(2)24-17(8-7-13-28-24)15-30-26(34)23(31-25(33)20-10-3-5-11-21(20)27)14-18-16-29-22-12-6-4-9-19(18)22/h3-13,16,23,29H,14-15H2,1-2H3,(H,30,34)(H,31,33). The number of hydrogen-bond acceptors (Lipinski definition) is 4. The van der Waals surface area contributed by atoms with Crippen molar-refractivity contribution in [1.82, 2.24) is 20.6 Å². The van der Waals surface area contributed by atoms with Crippen molar-refractivity contribution in [3.05, 3.63) is 94.8 Å². The Morgan fingerprint density at radius 1 is 1.03 bits per heavy atom. The fourth-order valence-corrected chi connectivity index (χ4v) is 4.11. The topological polar surface area (TPSA) is 90.1 Å². The molecule has 4 rings (SSSR count). The van der Waals surface area contributed by atoms with Crippen LogP contribution in [0.15, 0.2) is 73.1 Å². The molecule has 0 aliphatic heterocycles. The Balaban J connectivity index is 1.57. The van der Waals surface area contributed by atoms with E-state index in [1.807, 2.05) is 61.6 Å². The Bertz CT molecular complexity index is 1320. The number of aromatic amines is 1. The summed E-state index contributed by atoms with van der Waals surface area (Å²) >= 11 is 6.21. The van der Waals surface area contributed by atoms with E-state index in [1.54, 1.807) is 30.5 Å². The van der Waals surface area contributed by atoms with Crippen molar-refractivity contribution in [3.8, 4) is 0 Å². The maximum Gasteiger partial charge on any atom is 0.253 e. The van der Waals surface area contributed by atoms with Crippen LogP contribution in [0.3, 0.4) is 0 Å². The molecule has 2 amide bonds. The number of fused-ring (bicyclic) bond motifs is 1. The molecular formula is C26H26ClN5O2. The summed E-state index contributed by atoms with van der Waals surface area (Å²) in [5.74, 6) is 0.0799. The van der Waals surface area contributed by atoms with E-state index in [-0.39, 0.29) is 12.5 Å². The molecule has 0 saturated heterocycles. The first-order chi connectivity index (χ1) is 16.4. The van der Waals surface area contributed by atoms with E-state index < -0.39 is 11.9 Å². The second-order valence-electron chi connectivity index (χ2n) is 8.17. The molecule has 0 saturated carbocycles. The van der Waals surface area contributed by atoms with Crippen molar-refractivity contribution in [2.75, 3.05) is 19.0 Å². The SMILES string of the molecule is CN(C)c1ncccc1CNC(=O)C(Cc1c[nH]c2ccccc12)NC(=O)c1ccccc1Cl. The Kier molecular flexibility index (Phi) is 7.13. The largest absolute Gasteiger partial charge is 0.362 e. The van der Waals surface area contributed by atoms with Crippen LogP contribution < -0.4 is 15.5 Å². The number of hydrogen-bond donors (Lipinski definition) is 3. The molecule has 174 valence electrons. The van der Waals surface area contributed by atoms with Gasteiger partial charge in [-0.15, -0.1) is 0 Å². The summed E-state index contributed by atoms with van der Waals surface area (Å²) in [7, 11) is 3.80. The first-order valence-electron chi connectivity index (χ1n) is 10.9. The van der Waals surface area contributed by atoms with Gasteiger partial charge in [-0.25, -0.2) is 4.98 Å². The number of carbonyl (C=O) groups excluding carboxylic acids is 2. The quantitative estimate of drug-likeness (QED) is 0.360. The van der Waals surface area contributed by atoms with Gasteiger partial charge in [0, 0.05) is 55.9 Å². The molecule has 0 aliphatic rings. The number of anilines is 1. The van der Waals surface area contributed by atoms with Crippen molar-refractivity contribution in [2.45, 2.75) is 19.0 Å². The highest BCUT2D eigenvalue weighted by Crippen LogP contribution is 2.20. The Labute approximate surface area is 203 Å². The Morgan fingerprint density at radius 3 is 2.59 bits per heavy atom. The van der Waals surface area contributed by atoms with Gasteiger partial charge in [-0.3, -0.25) is 9.59 Å². The number of aromatic nitrogens is 2. The second-order valence-corrected chi connectivity index (χ2v) is 8.58. The molecule has 3 N–H and O–H groups in total. The lowest BCUT2D eigenvalue weighted by atomic mass is 10.0. The van der Waals surface area contributed by atoms with Crippen LogP contribution in [0.1, 0.15) is 21.5 Å². The van der Waals surface area contributed by atoms with Gasteiger partial charge in [0.05, 0.1) is 10.6 Å². The van der Waals surface area contributed by atoms with Crippen LogP contribution in [0.5, 0.6) is 0 Å². The summed E-state index contributed by atoms with van der Waals surface area (Å²) in [6.07, 6.45) is 3.90. The van der Waals surface area contributed by atoms with Crippen LogP contribution in [0.25, 0.3) is 10.9 Å². The van der Waals surface area contributed by atoms with Crippen LogP contribution in [-0.2, 0) is 17.8 Å². The number of nitrogens with one attached hydrogen (secondary N) is 3. The molecule has 4 aromatic rings. The molecule has 2 aromatic carbocycles. The molecule has 2 heterocycles. The normalized spacial score (nSPS) is 11.7. The average Bonchev–Trinajstić information content (AvgIpc) is 3.25. The third-order valence-electron chi connectivity index (χ3n) is 5.58. The van der Waals surface area contributed by atoms with E-state index >= 15 is 0 Å². The highest BCUT2D eigenvalue weighted by molar-refractivity contribution is 6.33. The zero-order valence-electron chi connectivity index (χ0n) is 19.0. The smallest absolute Gasteiger partial charge is 0.253 e. The monoisotopic (exact) mass is 475 g/mol. The van der Waals surface area contributed by atoms with E-state index in [9.17, 15) is 9.59 Å². The van der Waals surface area contributed by atoms with Crippen molar-refractivity contribution in [1.29, 1.82) is 0 Å². The van der Waals surface area contributed by atoms with E-state index in [0.717, 1.165) is 27.8 Å². The molecule has 7 nitrogen and oxygen atoms in total. The van der Waals surface area contributed by atoms with Crippen LogP contribution >= 0.6 is 11.6 Å². The maximum absolute atomic E-state index is 13.3. The van der Waals surface area contributed by atoms with Crippen LogP contribution in [-0.4, -0.2) is 41.9 Å². The van der Waals surface area contributed by atoms with Gasteiger partial charge in [0.15, 0.2) is 0 Å². The molecule has 34 heavy (non-hydrogen) atoms. The summed E-state index contributed by atoms with van der Waals surface area (Å²) in [5, 5.41) is 7.18. The Morgan fingerprint density at radius 2 is 1.79 bits per heavy atom.